The van der Waals surface area contributed by atoms with Gasteiger partial charge in [-0.15, -0.1) is 0 Å². The Morgan fingerprint density at radius 1 is 1.18 bits per heavy atom. The number of rotatable bonds is 2. The summed E-state index contributed by atoms with van der Waals surface area (Å²) in [5.74, 6) is -0.145. The van der Waals surface area contributed by atoms with Crippen LogP contribution in [0.25, 0.3) is 0 Å². The predicted octanol–water partition coefficient (Wildman–Crippen LogP) is -0.0165. The summed E-state index contributed by atoms with van der Waals surface area (Å²) < 4.78 is 5.07. The van der Waals surface area contributed by atoms with Gasteiger partial charge in [-0.1, -0.05) is 0 Å². The average molecular weight is 303 g/mol. The van der Waals surface area contributed by atoms with E-state index in [1.54, 1.807) is 21.9 Å². The number of carbonyl (C=O) groups excluding carboxylic acids is 3. The molecule has 7 nitrogen and oxygen atoms in total. The topological polar surface area (TPSA) is 82.9 Å². The van der Waals surface area contributed by atoms with Crippen LogP contribution in [0.5, 0.6) is 0 Å². The Bertz CT molecular complexity index is 627. The number of hydrogen-bond donors (Lipinski definition) is 1. The van der Waals surface area contributed by atoms with E-state index in [0.29, 0.717) is 19.5 Å². The molecule has 0 bridgehead atoms. The van der Waals surface area contributed by atoms with Crippen molar-refractivity contribution in [3.63, 3.8) is 0 Å². The van der Waals surface area contributed by atoms with E-state index in [9.17, 15) is 14.4 Å². The second kappa shape index (κ2) is 4.86. The molecule has 3 fully saturated rings. The van der Waals surface area contributed by atoms with Crippen LogP contribution < -0.4 is 5.32 Å². The van der Waals surface area contributed by atoms with Crippen LogP contribution in [-0.2, 0) is 9.59 Å². The van der Waals surface area contributed by atoms with E-state index < -0.39 is 6.04 Å². The molecular formula is C15H17N3O4. The van der Waals surface area contributed by atoms with E-state index in [1.165, 1.54) is 6.26 Å². The zero-order valence-corrected chi connectivity index (χ0v) is 12.0. The van der Waals surface area contributed by atoms with E-state index in [4.69, 9.17) is 4.42 Å². The second-order valence-corrected chi connectivity index (χ2v) is 6.01. The molecule has 1 aromatic rings. The lowest BCUT2D eigenvalue weighted by Gasteiger charge is -2.40. The number of nitrogens with zero attached hydrogens (tertiary/aromatic N) is 2. The van der Waals surface area contributed by atoms with Crippen LogP contribution in [-0.4, -0.2) is 58.7 Å². The molecular weight excluding hydrogens is 286 g/mol. The molecule has 4 heterocycles. The van der Waals surface area contributed by atoms with Gasteiger partial charge in [-0.2, -0.15) is 0 Å². The van der Waals surface area contributed by atoms with Crippen molar-refractivity contribution in [3.8, 4) is 0 Å². The lowest BCUT2D eigenvalue weighted by atomic mass is 10.0. The summed E-state index contributed by atoms with van der Waals surface area (Å²) in [6.45, 7) is 1.15. The fourth-order valence-corrected chi connectivity index (χ4v) is 3.79. The largest absolute Gasteiger partial charge is 0.459 e. The maximum absolute atomic E-state index is 12.7. The number of fused-ring (bicyclic) bond motifs is 2. The molecule has 1 aromatic heterocycles. The average Bonchev–Trinajstić information content (AvgIpc) is 3.24. The Labute approximate surface area is 127 Å². The summed E-state index contributed by atoms with van der Waals surface area (Å²) in [5, 5.41) is 2.84. The van der Waals surface area contributed by atoms with Gasteiger partial charge < -0.3 is 19.5 Å². The molecule has 22 heavy (non-hydrogen) atoms. The van der Waals surface area contributed by atoms with E-state index in [0.717, 1.165) is 12.8 Å². The summed E-state index contributed by atoms with van der Waals surface area (Å²) in [7, 11) is 0. The minimum absolute atomic E-state index is 0.0249. The monoisotopic (exact) mass is 303 g/mol. The molecule has 3 atom stereocenters. The van der Waals surface area contributed by atoms with Crippen molar-refractivity contribution >= 4 is 17.7 Å². The number of hydrogen-bond acceptors (Lipinski definition) is 4. The molecule has 0 unspecified atom stereocenters. The Morgan fingerprint density at radius 2 is 2.05 bits per heavy atom. The third-order valence-electron chi connectivity index (χ3n) is 4.82. The smallest absolute Gasteiger partial charge is 0.287 e. The highest BCUT2D eigenvalue weighted by molar-refractivity contribution is 5.99. The molecule has 3 saturated heterocycles. The van der Waals surface area contributed by atoms with Gasteiger partial charge in [0.25, 0.3) is 5.91 Å². The van der Waals surface area contributed by atoms with Crippen LogP contribution in [0.4, 0.5) is 0 Å². The van der Waals surface area contributed by atoms with Gasteiger partial charge in [0.1, 0.15) is 12.1 Å². The molecule has 0 radical (unpaired) electrons. The van der Waals surface area contributed by atoms with Crippen LogP contribution in [0.1, 0.15) is 29.8 Å². The van der Waals surface area contributed by atoms with Crippen molar-refractivity contribution in [2.24, 2.45) is 0 Å². The second-order valence-electron chi connectivity index (χ2n) is 6.01. The molecule has 3 aliphatic rings. The highest BCUT2D eigenvalue weighted by Crippen LogP contribution is 2.32. The molecule has 0 spiro atoms. The predicted molar refractivity (Wildman–Crippen MR) is 74.8 cm³/mol. The third kappa shape index (κ3) is 1.84. The van der Waals surface area contributed by atoms with Gasteiger partial charge in [0.2, 0.25) is 11.8 Å². The van der Waals surface area contributed by atoms with Gasteiger partial charge in [-0.05, 0) is 31.4 Å². The molecule has 1 N–H and O–H groups in total. The Balaban J connectivity index is 1.55. The van der Waals surface area contributed by atoms with Crippen molar-refractivity contribution in [3.05, 3.63) is 24.2 Å². The zero-order chi connectivity index (χ0) is 15.3. The summed E-state index contributed by atoms with van der Waals surface area (Å²) in [6.07, 6.45) is 3.64. The molecule has 4 rings (SSSR count). The highest BCUT2D eigenvalue weighted by Gasteiger charge is 2.53. The Morgan fingerprint density at radius 3 is 2.82 bits per heavy atom. The highest BCUT2D eigenvalue weighted by atomic mass is 16.3. The van der Waals surface area contributed by atoms with Gasteiger partial charge in [0.15, 0.2) is 5.76 Å². The lowest BCUT2D eigenvalue weighted by Crippen LogP contribution is -2.64. The quantitative estimate of drug-likeness (QED) is 0.832. The number of carbonyl (C=O) groups is 3. The lowest BCUT2D eigenvalue weighted by molar-refractivity contribution is -0.157. The van der Waals surface area contributed by atoms with E-state index in [2.05, 4.69) is 5.32 Å². The number of amides is 3. The minimum Gasteiger partial charge on any atom is -0.459 e. The molecule has 0 saturated carbocycles. The fourth-order valence-electron chi connectivity index (χ4n) is 3.79. The van der Waals surface area contributed by atoms with Crippen molar-refractivity contribution in [1.82, 2.24) is 15.1 Å². The van der Waals surface area contributed by atoms with Gasteiger partial charge >= 0.3 is 0 Å². The van der Waals surface area contributed by atoms with Crippen LogP contribution >= 0.6 is 0 Å². The van der Waals surface area contributed by atoms with E-state index in [1.807, 2.05) is 0 Å². The summed E-state index contributed by atoms with van der Waals surface area (Å²) in [4.78, 5) is 40.6. The molecule has 116 valence electrons. The molecule has 3 amide bonds. The number of piperazine rings is 1. The van der Waals surface area contributed by atoms with Crippen LogP contribution in [0.15, 0.2) is 22.8 Å². The van der Waals surface area contributed by atoms with Gasteiger partial charge in [0, 0.05) is 13.1 Å². The van der Waals surface area contributed by atoms with Crippen molar-refractivity contribution in [2.45, 2.75) is 37.4 Å². The third-order valence-corrected chi connectivity index (χ3v) is 4.82. The first-order valence-corrected chi connectivity index (χ1v) is 7.62. The van der Waals surface area contributed by atoms with Gasteiger partial charge in [-0.25, -0.2) is 0 Å². The van der Waals surface area contributed by atoms with Crippen LogP contribution in [0, 0.1) is 0 Å². The van der Waals surface area contributed by atoms with E-state index >= 15 is 0 Å². The standard InChI is InChI=1S/C15H17N3O4/c19-13(11-4-2-8-22-11)16-9-5-7-18-12(9)15(21)17-6-1-3-10(17)14(18)20/h2,4,8-10,12H,1,3,5-7H2,(H,16,19)/t9-,10+,12-/m0/s1. The summed E-state index contributed by atoms with van der Waals surface area (Å²) in [5.41, 5.74) is 0. The van der Waals surface area contributed by atoms with Crippen molar-refractivity contribution < 1.29 is 18.8 Å². The molecule has 3 aliphatic heterocycles. The van der Waals surface area contributed by atoms with Crippen LogP contribution in [0.2, 0.25) is 0 Å². The minimum atomic E-state index is -0.569. The van der Waals surface area contributed by atoms with Gasteiger partial charge in [-0.3, -0.25) is 14.4 Å². The van der Waals surface area contributed by atoms with Crippen molar-refractivity contribution in [2.75, 3.05) is 13.1 Å². The van der Waals surface area contributed by atoms with Gasteiger partial charge in [0.05, 0.1) is 12.3 Å². The van der Waals surface area contributed by atoms with Crippen molar-refractivity contribution in [1.29, 1.82) is 0 Å². The summed E-state index contributed by atoms with van der Waals surface area (Å²) >= 11 is 0. The first-order valence-electron chi connectivity index (χ1n) is 7.62. The maximum Gasteiger partial charge on any atom is 0.287 e. The first kappa shape index (κ1) is 13.4. The number of furan rings is 1. The SMILES string of the molecule is O=C(N[C@H]1CCN2C(=O)[C@H]3CCCN3C(=O)[C@H]12)c1ccco1. The fraction of sp³-hybridized carbons (Fsp3) is 0.533. The normalized spacial score (nSPS) is 30.5. The first-order chi connectivity index (χ1) is 10.7. The zero-order valence-electron chi connectivity index (χ0n) is 12.0. The Kier molecular flexibility index (Phi) is 2.95. The van der Waals surface area contributed by atoms with Crippen LogP contribution in [0.3, 0.4) is 0 Å². The molecule has 0 aliphatic carbocycles. The Hall–Kier alpha value is -2.31. The maximum atomic E-state index is 12.7. The summed E-state index contributed by atoms with van der Waals surface area (Å²) in [6, 6.07) is 2.01. The molecule has 7 heteroatoms. The number of nitrogens with one attached hydrogen (secondary N) is 1. The van der Waals surface area contributed by atoms with E-state index in [-0.39, 0.29) is 35.6 Å². The molecule has 0 aromatic carbocycles.